The Kier molecular flexibility index (Phi) is 14.7. The molecule has 7 nitrogen and oxygen atoms in total. The number of methoxy groups -OCH3 is 1. The largest absolute Gasteiger partial charge is 0.513 e. The van der Waals surface area contributed by atoms with Crippen LogP contribution in [-0.2, 0) is 10.2 Å². The van der Waals surface area contributed by atoms with Crippen LogP contribution in [0.3, 0.4) is 0 Å². The highest BCUT2D eigenvalue weighted by Gasteiger charge is 2.20. The summed E-state index contributed by atoms with van der Waals surface area (Å²) < 4.78 is 11.6. The minimum absolute atomic E-state index is 0.0603. The van der Waals surface area contributed by atoms with Crippen molar-refractivity contribution in [3.8, 4) is 5.75 Å². The van der Waals surface area contributed by atoms with E-state index < -0.39 is 0 Å². The van der Waals surface area contributed by atoms with E-state index in [0.717, 1.165) is 42.5 Å². The van der Waals surface area contributed by atoms with Crippen molar-refractivity contribution in [1.29, 1.82) is 0 Å². The summed E-state index contributed by atoms with van der Waals surface area (Å²) in [7, 11) is 5.80. The number of ether oxygens (including phenoxy) is 2. The van der Waals surface area contributed by atoms with Gasteiger partial charge in [-0.3, -0.25) is 5.01 Å². The number of rotatable bonds is 16. The number of aliphatic hydroxyl groups is 1. The predicted octanol–water partition coefficient (Wildman–Crippen LogP) is 6.59. The Morgan fingerprint density at radius 1 is 1.05 bits per heavy atom. The molecule has 1 aromatic rings. The van der Waals surface area contributed by atoms with Gasteiger partial charge in [-0.1, -0.05) is 58.6 Å². The van der Waals surface area contributed by atoms with Gasteiger partial charge in [-0.25, -0.2) is 5.84 Å². The van der Waals surface area contributed by atoms with Crippen molar-refractivity contribution in [3.05, 3.63) is 71.0 Å². The van der Waals surface area contributed by atoms with Crippen LogP contribution in [0.15, 0.2) is 59.8 Å². The average Bonchev–Trinajstić information content (AvgIpc) is 2.88. The molecule has 0 aliphatic carbocycles. The van der Waals surface area contributed by atoms with Gasteiger partial charge in [-0.15, -0.1) is 0 Å². The number of hydrogen-bond donors (Lipinski definition) is 3. The second-order valence-electron chi connectivity index (χ2n) is 10.9. The van der Waals surface area contributed by atoms with Crippen molar-refractivity contribution in [2.24, 2.45) is 11.6 Å². The van der Waals surface area contributed by atoms with E-state index in [1.807, 2.05) is 26.0 Å². The lowest BCUT2D eigenvalue weighted by molar-refractivity contribution is 0.302. The Labute approximate surface area is 231 Å². The predicted molar refractivity (Wildman–Crippen MR) is 160 cm³/mol. The van der Waals surface area contributed by atoms with E-state index in [4.69, 9.17) is 21.1 Å². The zero-order valence-corrected chi connectivity index (χ0v) is 25.0. The number of nitrogens with zero attached hydrogens (tertiary/aromatic N) is 2. The van der Waals surface area contributed by atoms with Gasteiger partial charge in [0.1, 0.15) is 17.8 Å². The summed E-state index contributed by atoms with van der Waals surface area (Å²) in [5, 5.41) is 11.2. The Bertz CT molecular complexity index is 972. The molecule has 0 aliphatic heterocycles. The maximum absolute atomic E-state index is 9.88. The van der Waals surface area contributed by atoms with Crippen LogP contribution < -0.4 is 16.3 Å². The minimum Gasteiger partial charge on any atom is -0.513 e. The van der Waals surface area contributed by atoms with Crippen LogP contribution in [-0.4, -0.2) is 49.4 Å². The first-order valence-corrected chi connectivity index (χ1v) is 13.6. The first-order chi connectivity index (χ1) is 18.0. The molecule has 5 N–H and O–H groups in total. The third-order valence-corrected chi connectivity index (χ3v) is 6.41. The Morgan fingerprint density at radius 3 is 2.24 bits per heavy atom. The molecule has 7 heteroatoms. The van der Waals surface area contributed by atoms with E-state index in [1.165, 1.54) is 30.7 Å². The molecule has 0 radical (unpaired) electrons. The fraction of sp³-hybridized carbons (Fsp3) is 0.548. The normalized spacial score (nSPS) is 13.7. The van der Waals surface area contributed by atoms with Crippen molar-refractivity contribution in [2.75, 3.05) is 34.4 Å². The van der Waals surface area contributed by atoms with Gasteiger partial charge in [0.05, 0.1) is 30.8 Å². The standard InChI is InChI=1S/C31H52N4O3/c1-9-16-27(37-8)22-26(23-36)35(33)24(2)30(32)28-21-25(31(3,4)5)17-18-29(28)38-20-15-13-11-10-12-14-19-34(6)7/h9,16-18,21-23,36H,10-15,19-20,32-33H2,1-8H3/b16-9-,26-23-,27-22+,30-24-. The van der Waals surface area contributed by atoms with Crippen molar-refractivity contribution >= 4 is 5.70 Å². The molecule has 214 valence electrons. The Morgan fingerprint density at radius 2 is 1.68 bits per heavy atom. The van der Waals surface area contributed by atoms with E-state index in [0.29, 0.717) is 29.5 Å². The summed E-state index contributed by atoms with van der Waals surface area (Å²) in [6.45, 7) is 12.0. The highest BCUT2D eigenvalue weighted by molar-refractivity contribution is 5.71. The van der Waals surface area contributed by atoms with Crippen LogP contribution in [0.5, 0.6) is 5.75 Å². The molecule has 0 aromatic heterocycles. The number of benzene rings is 1. The summed E-state index contributed by atoms with van der Waals surface area (Å²) >= 11 is 0. The van der Waals surface area contributed by atoms with Crippen LogP contribution in [0.25, 0.3) is 5.70 Å². The molecule has 0 saturated heterocycles. The molecule has 0 amide bonds. The zero-order valence-electron chi connectivity index (χ0n) is 25.0. The van der Waals surface area contributed by atoms with Crippen LogP contribution in [0.1, 0.15) is 84.3 Å². The first-order valence-electron chi connectivity index (χ1n) is 13.6. The molecule has 0 aliphatic rings. The van der Waals surface area contributed by atoms with E-state index in [1.54, 1.807) is 19.3 Å². The molecule has 0 atom stereocenters. The van der Waals surface area contributed by atoms with Gasteiger partial charge in [-0.2, -0.15) is 0 Å². The highest BCUT2D eigenvalue weighted by atomic mass is 16.5. The average molecular weight is 529 g/mol. The highest BCUT2D eigenvalue weighted by Crippen LogP contribution is 2.32. The zero-order chi connectivity index (χ0) is 28.7. The van der Waals surface area contributed by atoms with Crippen LogP contribution in [0.4, 0.5) is 0 Å². The molecular weight excluding hydrogens is 476 g/mol. The molecule has 0 heterocycles. The third kappa shape index (κ3) is 11.2. The summed E-state index contributed by atoms with van der Waals surface area (Å²) in [5.74, 6) is 7.66. The van der Waals surface area contributed by atoms with Gasteiger partial charge in [0.25, 0.3) is 0 Å². The van der Waals surface area contributed by atoms with E-state index in [9.17, 15) is 5.11 Å². The molecular formula is C31H52N4O3. The third-order valence-electron chi connectivity index (χ3n) is 6.41. The lowest BCUT2D eigenvalue weighted by Crippen LogP contribution is -2.30. The second kappa shape index (κ2) is 16.8. The van der Waals surface area contributed by atoms with Crippen molar-refractivity contribution < 1.29 is 14.6 Å². The van der Waals surface area contributed by atoms with Gasteiger partial charge in [0.2, 0.25) is 0 Å². The van der Waals surface area contributed by atoms with Gasteiger partial charge in [-0.05, 0) is 76.5 Å². The first kappa shape index (κ1) is 33.1. The topological polar surface area (TPSA) is 97.2 Å². The Balaban J connectivity index is 3.08. The van der Waals surface area contributed by atoms with Crippen molar-refractivity contribution in [3.63, 3.8) is 0 Å². The smallest absolute Gasteiger partial charge is 0.128 e. The number of hydrazine groups is 1. The quantitative estimate of drug-likeness (QED) is 0.0731. The van der Waals surface area contributed by atoms with E-state index in [-0.39, 0.29) is 5.41 Å². The lowest BCUT2D eigenvalue weighted by Gasteiger charge is -2.25. The van der Waals surface area contributed by atoms with Crippen molar-refractivity contribution in [2.45, 2.75) is 78.6 Å². The van der Waals surface area contributed by atoms with Crippen LogP contribution >= 0.6 is 0 Å². The van der Waals surface area contributed by atoms with Crippen LogP contribution in [0.2, 0.25) is 0 Å². The SMILES string of the molecule is C\C=C/C(=C\C(=C\O)N(N)/C(C)=C(\N)c1cc(C(C)(C)C)ccc1OCCCCCCCCN(C)C)OC. The monoisotopic (exact) mass is 528 g/mol. The van der Waals surface area contributed by atoms with Gasteiger partial charge in [0, 0.05) is 11.6 Å². The fourth-order valence-corrected chi connectivity index (χ4v) is 3.92. The summed E-state index contributed by atoms with van der Waals surface area (Å²) in [5.41, 5.74) is 9.94. The molecule has 0 bridgehead atoms. The van der Waals surface area contributed by atoms with Gasteiger partial charge < -0.3 is 25.2 Å². The molecule has 1 rings (SSSR count). The van der Waals surface area contributed by atoms with Gasteiger partial charge in [0.15, 0.2) is 0 Å². The molecule has 0 saturated carbocycles. The summed E-state index contributed by atoms with van der Waals surface area (Å²) in [6.07, 6.45) is 13.3. The lowest BCUT2D eigenvalue weighted by atomic mass is 9.85. The second-order valence-corrected chi connectivity index (χ2v) is 10.9. The minimum atomic E-state index is -0.0603. The van der Waals surface area contributed by atoms with Crippen LogP contribution in [0, 0.1) is 0 Å². The maximum atomic E-state index is 9.88. The number of hydrogen-bond acceptors (Lipinski definition) is 7. The Hall–Kier alpha value is -2.90. The molecule has 0 fully saturated rings. The number of nitrogens with two attached hydrogens (primary N) is 2. The number of unbranched alkanes of at least 4 members (excludes halogenated alkanes) is 5. The maximum Gasteiger partial charge on any atom is 0.128 e. The fourth-order valence-electron chi connectivity index (χ4n) is 3.92. The molecule has 38 heavy (non-hydrogen) atoms. The van der Waals surface area contributed by atoms with Gasteiger partial charge >= 0.3 is 0 Å². The van der Waals surface area contributed by atoms with Crippen molar-refractivity contribution in [1.82, 2.24) is 9.91 Å². The molecule has 0 spiro atoms. The van der Waals surface area contributed by atoms with E-state index >= 15 is 0 Å². The molecule has 1 aromatic carbocycles. The summed E-state index contributed by atoms with van der Waals surface area (Å²) in [4.78, 5) is 2.24. The number of allylic oxidation sites excluding steroid dienone is 4. The molecule has 0 unspecified atom stereocenters. The van der Waals surface area contributed by atoms with E-state index in [2.05, 4.69) is 51.9 Å². The number of aliphatic hydroxyl groups excluding tert-OH is 1. The summed E-state index contributed by atoms with van der Waals surface area (Å²) in [6, 6.07) is 6.16.